The van der Waals surface area contributed by atoms with E-state index in [2.05, 4.69) is 25.1 Å². The van der Waals surface area contributed by atoms with Crippen LogP contribution in [0, 0.1) is 11.6 Å². The molecule has 0 bridgehead atoms. The Labute approximate surface area is 164 Å². The molecule has 4 rings (SSSR count). The van der Waals surface area contributed by atoms with Gasteiger partial charge in [0.1, 0.15) is 17.2 Å². The largest absolute Gasteiger partial charge is 0.422 e. The summed E-state index contributed by atoms with van der Waals surface area (Å²) in [4.78, 5) is 0. The van der Waals surface area contributed by atoms with E-state index >= 15 is 0 Å². The van der Waals surface area contributed by atoms with Crippen molar-refractivity contribution in [3.8, 4) is 11.1 Å². The standard InChI is InChI=1S/C24H17F5/c1-2-3-14-4-8-19-16(10-14)5-6-17-11-15(7-9-20(17)19)18-12-21(25)23(22(26)13-18)24(27,28)29/h4-13H,2-3H2,1H3. The van der Waals surface area contributed by atoms with E-state index in [0.29, 0.717) is 5.56 Å². The predicted molar refractivity (Wildman–Crippen MR) is 106 cm³/mol. The molecule has 0 saturated carbocycles. The van der Waals surface area contributed by atoms with Gasteiger partial charge in [0.15, 0.2) is 0 Å². The van der Waals surface area contributed by atoms with E-state index < -0.39 is 23.4 Å². The Kier molecular flexibility index (Phi) is 4.77. The molecule has 29 heavy (non-hydrogen) atoms. The number of hydrogen-bond donors (Lipinski definition) is 0. The number of aryl methyl sites for hydroxylation is 1. The maximum atomic E-state index is 14.0. The summed E-state index contributed by atoms with van der Waals surface area (Å²) in [6, 6.07) is 16.9. The fourth-order valence-electron chi connectivity index (χ4n) is 3.76. The molecule has 0 aliphatic carbocycles. The third-order valence-electron chi connectivity index (χ3n) is 5.10. The minimum atomic E-state index is -5.08. The van der Waals surface area contributed by atoms with Gasteiger partial charge in [0, 0.05) is 0 Å². The minimum Gasteiger partial charge on any atom is -0.206 e. The van der Waals surface area contributed by atoms with Gasteiger partial charge in [-0.1, -0.05) is 55.8 Å². The maximum absolute atomic E-state index is 14.0. The van der Waals surface area contributed by atoms with Crippen LogP contribution in [-0.4, -0.2) is 0 Å². The molecule has 0 atom stereocenters. The van der Waals surface area contributed by atoms with Crippen LogP contribution in [0.25, 0.3) is 32.7 Å². The molecule has 0 fully saturated rings. The SMILES string of the molecule is CCCc1ccc2c(ccc3cc(-c4cc(F)c(C(F)(F)F)c(F)c4)ccc32)c1. The minimum absolute atomic E-state index is 0.0632. The molecular weight excluding hydrogens is 383 g/mol. The molecule has 0 N–H and O–H groups in total. The second-order valence-corrected chi connectivity index (χ2v) is 7.12. The highest BCUT2D eigenvalue weighted by atomic mass is 19.4. The van der Waals surface area contributed by atoms with Crippen molar-refractivity contribution in [3.05, 3.63) is 83.4 Å². The Bertz CT molecular complexity index is 1200. The molecule has 0 heterocycles. The van der Waals surface area contributed by atoms with Crippen molar-refractivity contribution in [2.24, 2.45) is 0 Å². The van der Waals surface area contributed by atoms with Crippen LogP contribution < -0.4 is 0 Å². The quantitative estimate of drug-likeness (QED) is 0.242. The van der Waals surface area contributed by atoms with Gasteiger partial charge in [-0.2, -0.15) is 13.2 Å². The summed E-state index contributed by atoms with van der Waals surface area (Å²) in [7, 11) is 0. The van der Waals surface area contributed by atoms with Crippen molar-refractivity contribution in [3.63, 3.8) is 0 Å². The van der Waals surface area contributed by atoms with E-state index in [9.17, 15) is 22.0 Å². The molecule has 4 aromatic carbocycles. The van der Waals surface area contributed by atoms with Crippen LogP contribution in [0.1, 0.15) is 24.5 Å². The molecule has 0 nitrogen and oxygen atoms in total. The fourth-order valence-corrected chi connectivity index (χ4v) is 3.76. The summed E-state index contributed by atoms with van der Waals surface area (Å²) < 4.78 is 66.3. The Hall–Kier alpha value is -2.95. The summed E-state index contributed by atoms with van der Waals surface area (Å²) in [5.41, 5.74) is -0.0955. The third-order valence-corrected chi connectivity index (χ3v) is 5.10. The summed E-state index contributed by atoms with van der Waals surface area (Å²) >= 11 is 0. The van der Waals surface area contributed by atoms with Gasteiger partial charge in [-0.15, -0.1) is 0 Å². The number of halogens is 5. The van der Waals surface area contributed by atoms with E-state index in [1.807, 2.05) is 18.2 Å². The lowest BCUT2D eigenvalue weighted by Crippen LogP contribution is -2.11. The molecule has 148 valence electrons. The van der Waals surface area contributed by atoms with Crippen LogP contribution >= 0.6 is 0 Å². The van der Waals surface area contributed by atoms with Crippen molar-refractivity contribution in [1.82, 2.24) is 0 Å². The lowest BCUT2D eigenvalue weighted by molar-refractivity contribution is -0.142. The topological polar surface area (TPSA) is 0 Å². The first-order valence-electron chi connectivity index (χ1n) is 9.30. The molecular formula is C24H17F5. The number of alkyl halides is 3. The highest BCUT2D eigenvalue weighted by Crippen LogP contribution is 2.37. The Morgan fingerprint density at radius 3 is 1.86 bits per heavy atom. The fraction of sp³-hybridized carbons (Fsp3) is 0.167. The van der Waals surface area contributed by atoms with E-state index in [0.717, 1.165) is 46.5 Å². The van der Waals surface area contributed by atoms with E-state index in [1.165, 1.54) is 5.56 Å². The maximum Gasteiger partial charge on any atom is 0.422 e. The molecule has 0 spiro atoms. The number of hydrogen-bond acceptors (Lipinski definition) is 0. The Morgan fingerprint density at radius 2 is 1.28 bits per heavy atom. The van der Waals surface area contributed by atoms with Crippen LogP contribution in [0.2, 0.25) is 0 Å². The van der Waals surface area contributed by atoms with Gasteiger partial charge in [0.05, 0.1) is 0 Å². The normalized spacial score (nSPS) is 12.1. The zero-order chi connectivity index (χ0) is 20.8. The van der Waals surface area contributed by atoms with Crippen molar-refractivity contribution >= 4 is 21.5 Å². The average Bonchev–Trinajstić information content (AvgIpc) is 2.65. The van der Waals surface area contributed by atoms with Gasteiger partial charge in [0.2, 0.25) is 0 Å². The number of fused-ring (bicyclic) bond motifs is 3. The van der Waals surface area contributed by atoms with Crippen LogP contribution in [-0.2, 0) is 12.6 Å². The first kappa shape index (κ1) is 19.4. The van der Waals surface area contributed by atoms with Gasteiger partial charge in [-0.05, 0) is 62.9 Å². The van der Waals surface area contributed by atoms with Crippen LogP contribution in [0.4, 0.5) is 22.0 Å². The zero-order valence-corrected chi connectivity index (χ0v) is 15.6. The summed E-state index contributed by atoms with van der Waals surface area (Å²) in [5.74, 6) is -3.23. The van der Waals surface area contributed by atoms with Crippen molar-refractivity contribution in [1.29, 1.82) is 0 Å². The highest BCUT2D eigenvalue weighted by molar-refractivity contribution is 6.08. The Balaban J connectivity index is 1.82. The third kappa shape index (κ3) is 3.57. The van der Waals surface area contributed by atoms with E-state index in [4.69, 9.17) is 0 Å². The Morgan fingerprint density at radius 1 is 0.690 bits per heavy atom. The van der Waals surface area contributed by atoms with Gasteiger partial charge >= 0.3 is 6.18 Å². The van der Waals surface area contributed by atoms with E-state index in [1.54, 1.807) is 12.1 Å². The summed E-state index contributed by atoms with van der Waals surface area (Å²) in [6.45, 7) is 2.12. The van der Waals surface area contributed by atoms with Crippen molar-refractivity contribution in [2.45, 2.75) is 25.9 Å². The molecule has 0 radical (unpaired) electrons. The zero-order valence-electron chi connectivity index (χ0n) is 15.6. The molecule has 0 amide bonds. The van der Waals surface area contributed by atoms with Crippen LogP contribution in [0.5, 0.6) is 0 Å². The van der Waals surface area contributed by atoms with Crippen LogP contribution in [0.15, 0.2) is 60.7 Å². The van der Waals surface area contributed by atoms with Crippen molar-refractivity contribution in [2.75, 3.05) is 0 Å². The van der Waals surface area contributed by atoms with Crippen LogP contribution in [0.3, 0.4) is 0 Å². The average molecular weight is 400 g/mol. The number of benzene rings is 4. The van der Waals surface area contributed by atoms with Gasteiger partial charge in [-0.3, -0.25) is 0 Å². The molecule has 0 unspecified atom stereocenters. The van der Waals surface area contributed by atoms with Crippen molar-refractivity contribution < 1.29 is 22.0 Å². The first-order valence-corrected chi connectivity index (χ1v) is 9.30. The summed E-state index contributed by atoms with van der Waals surface area (Å²) in [5, 5.41) is 3.97. The van der Waals surface area contributed by atoms with Gasteiger partial charge in [-0.25, -0.2) is 8.78 Å². The predicted octanol–water partition coefficient (Wildman–Crippen LogP) is 7.91. The molecule has 0 saturated heterocycles. The lowest BCUT2D eigenvalue weighted by atomic mass is 9.95. The lowest BCUT2D eigenvalue weighted by Gasteiger charge is -2.12. The highest BCUT2D eigenvalue weighted by Gasteiger charge is 2.37. The molecule has 0 aliphatic heterocycles. The molecule has 4 aromatic rings. The monoisotopic (exact) mass is 400 g/mol. The molecule has 5 heteroatoms. The first-order chi connectivity index (χ1) is 13.8. The second-order valence-electron chi connectivity index (χ2n) is 7.12. The molecule has 0 aromatic heterocycles. The smallest absolute Gasteiger partial charge is 0.206 e. The molecule has 0 aliphatic rings. The van der Waals surface area contributed by atoms with Gasteiger partial charge < -0.3 is 0 Å². The summed E-state index contributed by atoms with van der Waals surface area (Å²) in [6.07, 6.45) is -3.02. The van der Waals surface area contributed by atoms with E-state index in [-0.39, 0.29) is 5.56 Å². The van der Waals surface area contributed by atoms with Gasteiger partial charge in [0.25, 0.3) is 0 Å². The number of rotatable bonds is 3. The second kappa shape index (κ2) is 7.14.